The number of amides is 1. The fourth-order valence-electron chi connectivity index (χ4n) is 2.04. The van der Waals surface area contributed by atoms with Crippen LogP contribution in [0.4, 0.5) is 13.2 Å². The monoisotopic (exact) mass is 223 g/mol. The first-order chi connectivity index (χ1) is 6.82. The zero-order valence-electron chi connectivity index (χ0n) is 8.90. The van der Waals surface area contributed by atoms with E-state index in [9.17, 15) is 18.0 Å². The molecule has 0 aromatic rings. The molecule has 5 heteroatoms. The second-order valence-corrected chi connectivity index (χ2v) is 4.35. The van der Waals surface area contributed by atoms with Crippen molar-refractivity contribution in [3.63, 3.8) is 0 Å². The van der Waals surface area contributed by atoms with Crippen molar-refractivity contribution in [2.24, 2.45) is 11.8 Å². The van der Waals surface area contributed by atoms with Crippen LogP contribution in [0.2, 0.25) is 0 Å². The molecule has 1 amide bonds. The van der Waals surface area contributed by atoms with Crippen LogP contribution in [0.1, 0.15) is 33.1 Å². The number of rotatable bonds is 1. The lowest BCUT2D eigenvalue weighted by molar-refractivity contribution is -0.175. The molecule has 1 aliphatic rings. The lowest BCUT2D eigenvalue weighted by Gasteiger charge is -2.34. The van der Waals surface area contributed by atoms with Gasteiger partial charge in [-0.25, -0.2) is 0 Å². The van der Waals surface area contributed by atoms with Gasteiger partial charge in [0, 0.05) is 6.04 Å². The van der Waals surface area contributed by atoms with Gasteiger partial charge in [-0.05, 0) is 18.3 Å². The third-order valence-corrected chi connectivity index (χ3v) is 3.28. The van der Waals surface area contributed by atoms with E-state index in [0.29, 0.717) is 12.3 Å². The van der Waals surface area contributed by atoms with Crippen LogP contribution < -0.4 is 5.32 Å². The molecule has 1 saturated carbocycles. The Morgan fingerprint density at radius 2 is 1.87 bits per heavy atom. The summed E-state index contributed by atoms with van der Waals surface area (Å²) in [6.07, 6.45) is -2.21. The fraction of sp³-hybridized carbons (Fsp3) is 0.900. The molecule has 3 unspecified atom stereocenters. The molecule has 0 aromatic heterocycles. The average Bonchev–Trinajstić information content (AvgIpc) is 2.11. The van der Waals surface area contributed by atoms with Crippen LogP contribution in [-0.4, -0.2) is 18.1 Å². The van der Waals surface area contributed by atoms with Gasteiger partial charge in [0.2, 0.25) is 0 Å². The predicted octanol–water partition coefficient (Wildman–Crippen LogP) is 2.49. The molecule has 0 heterocycles. The second kappa shape index (κ2) is 4.41. The molecule has 0 aliphatic heterocycles. The van der Waals surface area contributed by atoms with Gasteiger partial charge >= 0.3 is 12.1 Å². The quantitative estimate of drug-likeness (QED) is 0.727. The molecule has 1 rings (SSSR count). The van der Waals surface area contributed by atoms with E-state index in [0.717, 1.165) is 12.8 Å². The smallest absolute Gasteiger partial charge is 0.345 e. The summed E-state index contributed by atoms with van der Waals surface area (Å²) in [5, 5.41) is 2.08. The summed E-state index contributed by atoms with van der Waals surface area (Å²) in [5.41, 5.74) is 0. The maximum Gasteiger partial charge on any atom is 0.471 e. The van der Waals surface area contributed by atoms with Crippen molar-refractivity contribution in [1.82, 2.24) is 5.32 Å². The number of hydrogen-bond acceptors (Lipinski definition) is 1. The van der Waals surface area contributed by atoms with E-state index in [1.165, 1.54) is 0 Å². The van der Waals surface area contributed by atoms with Crippen LogP contribution in [0.5, 0.6) is 0 Å². The maximum absolute atomic E-state index is 12.0. The van der Waals surface area contributed by atoms with Gasteiger partial charge in [-0.2, -0.15) is 13.2 Å². The number of hydrogen-bond donors (Lipinski definition) is 1. The Morgan fingerprint density at radius 3 is 2.40 bits per heavy atom. The fourth-order valence-corrected chi connectivity index (χ4v) is 2.04. The standard InChI is InChI=1S/C10H16F3NO/c1-6-4-3-5-8(7(6)2)14-9(15)10(11,12)13/h6-8H,3-5H2,1-2H3,(H,14,15). The zero-order chi connectivity index (χ0) is 11.6. The summed E-state index contributed by atoms with van der Waals surface area (Å²) in [7, 11) is 0. The van der Waals surface area contributed by atoms with Crippen molar-refractivity contribution < 1.29 is 18.0 Å². The van der Waals surface area contributed by atoms with E-state index >= 15 is 0 Å². The summed E-state index contributed by atoms with van der Waals surface area (Å²) >= 11 is 0. The summed E-state index contributed by atoms with van der Waals surface area (Å²) in [6.45, 7) is 3.90. The van der Waals surface area contributed by atoms with Crippen LogP contribution >= 0.6 is 0 Å². The summed E-state index contributed by atoms with van der Waals surface area (Å²) in [4.78, 5) is 10.7. The minimum Gasteiger partial charge on any atom is -0.345 e. The van der Waals surface area contributed by atoms with Gasteiger partial charge in [0.25, 0.3) is 0 Å². The average molecular weight is 223 g/mol. The van der Waals surface area contributed by atoms with E-state index in [2.05, 4.69) is 5.32 Å². The molecule has 1 aliphatic carbocycles. The van der Waals surface area contributed by atoms with Gasteiger partial charge in [0.05, 0.1) is 0 Å². The third-order valence-electron chi connectivity index (χ3n) is 3.28. The molecular weight excluding hydrogens is 207 g/mol. The summed E-state index contributed by atoms with van der Waals surface area (Å²) < 4.78 is 36.0. The van der Waals surface area contributed by atoms with Gasteiger partial charge in [0.15, 0.2) is 0 Å². The minimum absolute atomic E-state index is 0.116. The van der Waals surface area contributed by atoms with E-state index in [-0.39, 0.29) is 12.0 Å². The highest BCUT2D eigenvalue weighted by Crippen LogP contribution is 2.30. The Balaban J connectivity index is 2.54. The molecule has 0 radical (unpaired) electrons. The number of carbonyl (C=O) groups is 1. The van der Waals surface area contributed by atoms with Crippen LogP contribution in [0.3, 0.4) is 0 Å². The molecular formula is C10H16F3NO. The Hall–Kier alpha value is -0.740. The molecule has 0 bridgehead atoms. The summed E-state index contributed by atoms with van der Waals surface area (Å²) in [6, 6.07) is -0.331. The van der Waals surface area contributed by atoms with Crippen LogP contribution in [-0.2, 0) is 4.79 Å². The zero-order valence-corrected chi connectivity index (χ0v) is 8.90. The molecule has 2 nitrogen and oxygen atoms in total. The van der Waals surface area contributed by atoms with Crippen molar-refractivity contribution in [2.75, 3.05) is 0 Å². The molecule has 15 heavy (non-hydrogen) atoms. The molecule has 88 valence electrons. The predicted molar refractivity (Wildman–Crippen MR) is 50.2 cm³/mol. The maximum atomic E-state index is 12.0. The van der Waals surface area contributed by atoms with E-state index in [1.807, 2.05) is 13.8 Å². The van der Waals surface area contributed by atoms with Gasteiger partial charge < -0.3 is 5.32 Å². The highest BCUT2D eigenvalue weighted by molar-refractivity contribution is 5.81. The lowest BCUT2D eigenvalue weighted by Crippen LogP contribution is -2.48. The topological polar surface area (TPSA) is 29.1 Å². The van der Waals surface area contributed by atoms with Gasteiger partial charge in [-0.1, -0.05) is 26.7 Å². The first kappa shape index (κ1) is 12.3. The highest BCUT2D eigenvalue weighted by Gasteiger charge is 2.41. The van der Waals surface area contributed by atoms with Gasteiger partial charge in [0.1, 0.15) is 0 Å². The van der Waals surface area contributed by atoms with E-state index in [1.54, 1.807) is 0 Å². The van der Waals surface area contributed by atoms with Gasteiger partial charge in [-0.3, -0.25) is 4.79 Å². The second-order valence-electron chi connectivity index (χ2n) is 4.35. The number of carbonyl (C=O) groups excluding carboxylic acids is 1. The SMILES string of the molecule is CC1CCCC(NC(=O)C(F)(F)F)C1C. The van der Waals surface area contributed by atoms with Crippen molar-refractivity contribution in [2.45, 2.75) is 45.3 Å². The molecule has 0 aromatic carbocycles. The molecule has 0 saturated heterocycles. The minimum atomic E-state index is -4.76. The molecule has 1 N–H and O–H groups in total. The Morgan fingerprint density at radius 1 is 1.27 bits per heavy atom. The Bertz CT molecular complexity index is 239. The van der Waals surface area contributed by atoms with Crippen LogP contribution in [0, 0.1) is 11.8 Å². The first-order valence-electron chi connectivity index (χ1n) is 5.20. The largest absolute Gasteiger partial charge is 0.471 e. The van der Waals surface area contributed by atoms with Crippen molar-refractivity contribution >= 4 is 5.91 Å². The van der Waals surface area contributed by atoms with E-state index in [4.69, 9.17) is 0 Å². The first-order valence-corrected chi connectivity index (χ1v) is 5.20. The Labute approximate surface area is 87.2 Å². The normalized spacial score (nSPS) is 32.5. The van der Waals surface area contributed by atoms with E-state index < -0.39 is 12.1 Å². The van der Waals surface area contributed by atoms with Crippen molar-refractivity contribution in [3.8, 4) is 0 Å². The molecule has 1 fully saturated rings. The van der Waals surface area contributed by atoms with Crippen LogP contribution in [0.15, 0.2) is 0 Å². The van der Waals surface area contributed by atoms with Crippen molar-refractivity contribution in [3.05, 3.63) is 0 Å². The van der Waals surface area contributed by atoms with Gasteiger partial charge in [-0.15, -0.1) is 0 Å². The highest BCUT2D eigenvalue weighted by atomic mass is 19.4. The lowest BCUT2D eigenvalue weighted by atomic mass is 9.78. The molecule has 0 spiro atoms. The Kier molecular flexibility index (Phi) is 3.62. The van der Waals surface area contributed by atoms with Crippen molar-refractivity contribution in [1.29, 1.82) is 0 Å². The summed E-state index contributed by atoms with van der Waals surface area (Å²) in [5.74, 6) is -1.32. The molecule has 3 atom stereocenters. The third kappa shape index (κ3) is 3.11. The van der Waals surface area contributed by atoms with Crippen LogP contribution in [0.25, 0.3) is 0 Å². The number of nitrogens with one attached hydrogen (secondary N) is 1. The number of halogens is 3. The number of alkyl halides is 3.